The molecule has 0 saturated heterocycles. The van der Waals surface area contributed by atoms with Crippen molar-refractivity contribution in [3.8, 4) is 0 Å². The fraction of sp³-hybridized carbons (Fsp3) is 0.364. The quantitative estimate of drug-likeness (QED) is 0.807. The molecular formula is C11H15BrN2O. The fourth-order valence-electron chi connectivity index (χ4n) is 1.06. The molecule has 1 aromatic carbocycles. The number of anilines is 1. The highest BCUT2D eigenvalue weighted by atomic mass is 79.9. The second kappa shape index (κ2) is 4.66. The van der Waals surface area contributed by atoms with E-state index in [0.717, 1.165) is 10.2 Å². The van der Waals surface area contributed by atoms with Crippen molar-refractivity contribution in [2.45, 2.75) is 26.3 Å². The van der Waals surface area contributed by atoms with E-state index in [-0.39, 0.29) is 11.6 Å². The van der Waals surface area contributed by atoms with Gasteiger partial charge in [0.1, 0.15) is 0 Å². The third-order valence-corrected chi connectivity index (χ3v) is 2.30. The first-order valence-corrected chi connectivity index (χ1v) is 5.51. The lowest BCUT2D eigenvalue weighted by Crippen LogP contribution is -2.43. The van der Waals surface area contributed by atoms with E-state index in [1.54, 1.807) is 0 Å². The lowest BCUT2D eigenvalue weighted by atomic mass is 10.1. The van der Waals surface area contributed by atoms with E-state index >= 15 is 0 Å². The summed E-state index contributed by atoms with van der Waals surface area (Å²) in [6.45, 7) is 5.81. The molecule has 82 valence electrons. The second-order valence-corrected chi connectivity index (χ2v) is 5.16. The van der Waals surface area contributed by atoms with Gasteiger partial charge in [-0.25, -0.2) is 4.79 Å². The first-order chi connectivity index (χ1) is 6.88. The van der Waals surface area contributed by atoms with Crippen molar-refractivity contribution in [1.29, 1.82) is 0 Å². The molecule has 0 atom stereocenters. The van der Waals surface area contributed by atoms with E-state index < -0.39 is 0 Å². The van der Waals surface area contributed by atoms with E-state index in [1.807, 2.05) is 45.0 Å². The third kappa shape index (κ3) is 4.34. The SMILES string of the molecule is CC(C)(C)NC(=O)Nc1ccccc1Br. The molecule has 0 heterocycles. The van der Waals surface area contributed by atoms with Gasteiger partial charge >= 0.3 is 6.03 Å². The van der Waals surface area contributed by atoms with Gasteiger partial charge in [0.25, 0.3) is 0 Å². The second-order valence-electron chi connectivity index (χ2n) is 4.31. The number of carbonyl (C=O) groups is 1. The Morgan fingerprint density at radius 3 is 2.40 bits per heavy atom. The summed E-state index contributed by atoms with van der Waals surface area (Å²) in [4.78, 5) is 11.5. The zero-order valence-electron chi connectivity index (χ0n) is 9.10. The molecule has 0 aliphatic carbocycles. The number of carbonyl (C=O) groups excluding carboxylic acids is 1. The molecule has 1 rings (SSSR count). The maximum atomic E-state index is 11.5. The van der Waals surface area contributed by atoms with Gasteiger partial charge in [-0.1, -0.05) is 12.1 Å². The van der Waals surface area contributed by atoms with Crippen LogP contribution < -0.4 is 10.6 Å². The van der Waals surface area contributed by atoms with Gasteiger partial charge in [-0.2, -0.15) is 0 Å². The first kappa shape index (κ1) is 12.0. The summed E-state index contributed by atoms with van der Waals surface area (Å²) in [5.74, 6) is 0. The van der Waals surface area contributed by atoms with Crippen LogP contribution in [0.1, 0.15) is 20.8 Å². The number of urea groups is 1. The summed E-state index contributed by atoms with van der Waals surface area (Å²) < 4.78 is 0.869. The standard InChI is InChI=1S/C11H15BrN2O/c1-11(2,3)14-10(15)13-9-7-5-4-6-8(9)12/h4-7H,1-3H3,(H2,13,14,15). The molecule has 0 radical (unpaired) electrons. The smallest absolute Gasteiger partial charge is 0.319 e. The van der Waals surface area contributed by atoms with Gasteiger partial charge in [-0.15, -0.1) is 0 Å². The number of hydrogen-bond donors (Lipinski definition) is 2. The predicted molar refractivity (Wildman–Crippen MR) is 66.0 cm³/mol. The number of amides is 2. The summed E-state index contributed by atoms with van der Waals surface area (Å²) in [6.07, 6.45) is 0. The minimum atomic E-state index is -0.231. The highest BCUT2D eigenvalue weighted by molar-refractivity contribution is 9.10. The number of rotatable bonds is 1. The molecule has 0 aromatic heterocycles. The highest BCUT2D eigenvalue weighted by Gasteiger charge is 2.13. The Morgan fingerprint density at radius 1 is 1.27 bits per heavy atom. The van der Waals surface area contributed by atoms with Crippen LogP contribution in [0.2, 0.25) is 0 Å². The van der Waals surface area contributed by atoms with Crippen LogP contribution >= 0.6 is 15.9 Å². The third-order valence-electron chi connectivity index (χ3n) is 1.61. The molecule has 0 unspecified atom stereocenters. The Kier molecular flexibility index (Phi) is 3.74. The van der Waals surface area contributed by atoms with Crippen molar-refractivity contribution in [3.63, 3.8) is 0 Å². The molecule has 0 spiro atoms. The number of halogens is 1. The zero-order valence-corrected chi connectivity index (χ0v) is 10.7. The Bertz CT molecular complexity index is 358. The molecule has 1 aromatic rings. The van der Waals surface area contributed by atoms with Gasteiger partial charge in [-0.3, -0.25) is 0 Å². The van der Waals surface area contributed by atoms with Crippen LogP contribution in [0.4, 0.5) is 10.5 Å². The van der Waals surface area contributed by atoms with Crippen molar-refractivity contribution in [1.82, 2.24) is 5.32 Å². The molecule has 0 aliphatic heterocycles. The van der Waals surface area contributed by atoms with E-state index in [2.05, 4.69) is 26.6 Å². The van der Waals surface area contributed by atoms with Crippen LogP contribution in [0, 0.1) is 0 Å². The van der Waals surface area contributed by atoms with Crippen molar-refractivity contribution in [2.24, 2.45) is 0 Å². The van der Waals surface area contributed by atoms with Crippen LogP contribution in [0.25, 0.3) is 0 Å². The van der Waals surface area contributed by atoms with Gasteiger partial charge in [0.05, 0.1) is 5.69 Å². The lowest BCUT2D eigenvalue weighted by Gasteiger charge is -2.21. The van der Waals surface area contributed by atoms with Crippen molar-refractivity contribution >= 4 is 27.6 Å². The molecule has 0 bridgehead atoms. The van der Waals surface area contributed by atoms with Crippen molar-refractivity contribution in [2.75, 3.05) is 5.32 Å². The molecule has 0 fully saturated rings. The molecule has 4 heteroatoms. The predicted octanol–water partition coefficient (Wildman–Crippen LogP) is 3.37. The van der Waals surface area contributed by atoms with E-state index in [4.69, 9.17) is 0 Å². The molecular weight excluding hydrogens is 256 g/mol. The molecule has 3 nitrogen and oxygen atoms in total. The molecule has 0 saturated carbocycles. The average Bonchev–Trinajstić information content (AvgIpc) is 2.05. The summed E-state index contributed by atoms with van der Waals surface area (Å²) >= 11 is 3.36. The van der Waals surface area contributed by atoms with E-state index in [1.165, 1.54) is 0 Å². The highest BCUT2D eigenvalue weighted by Crippen LogP contribution is 2.21. The van der Waals surface area contributed by atoms with E-state index in [0.29, 0.717) is 0 Å². The normalized spacial score (nSPS) is 10.9. The van der Waals surface area contributed by atoms with Gasteiger partial charge in [0, 0.05) is 10.0 Å². The lowest BCUT2D eigenvalue weighted by molar-refractivity contribution is 0.244. The Balaban J connectivity index is 2.64. The maximum absolute atomic E-state index is 11.5. The molecule has 2 amide bonds. The van der Waals surface area contributed by atoms with Crippen LogP contribution in [0.5, 0.6) is 0 Å². The van der Waals surface area contributed by atoms with Gasteiger partial charge in [-0.05, 0) is 48.8 Å². The van der Waals surface area contributed by atoms with Crippen LogP contribution in [0.15, 0.2) is 28.7 Å². The van der Waals surface area contributed by atoms with Crippen molar-refractivity contribution in [3.05, 3.63) is 28.7 Å². The number of para-hydroxylation sites is 1. The maximum Gasteiger partial charge on any atom is 0.319 e. The van der Waals surface area contributed by atoms with Gasteiger partial charge < -0.3 is 10.6 Å². The average molecular weight is 271 g/mol. The van der Waals surface area contributed by atoms with E-state index in [9.17, 15) is 4.79 Å². The van der Waals surface area contributed by atoms with Crippen LogP contribution in [-0.4, -0.2) is 11.6 Å². The number of hydrogen-bond acceptors (Lipinski definition) is 1. The summed E-state index contributed by atoms with van der Waals surface area (Å²) in [5.41, 5.74) is 0.532. The van der Waals surface area contributed by atoms with Crippen LogP contribution in [0.3, 0.4) is 0 Å². The van der Waals surface area contributed by atoms with Crippen LogP contribution in [-0.2, 0) is 0 Å². The minimum Gasteiger partial charge on any atom is -0.333 e. The van der Waals surface area contributed by atoms with Gasteiger partial charge in [0.15, 0.2) is 0 Å². The van der Waals surface area contributed by atoms with Gasteiger partial charge in [0.2, 0.25) is 0 Å². The Hall–Kier alpha value is -1.03. The molecule has 2 N–H and O–H groups in total. The molecule has 0 aliphatic rings. The topological polar surface area (TPSA) is 41.1 Å². The number of benzene rings is 1. The number of nitrogens with one attached hydrogen (secondary N) is 2. The summed E-state index contributed by atoms with van der Waals surface area (Å²) in [5, 5.41) is 5.59. The minimum absolute atomic E-state index is 0.200. The largest absolute Gasteiger partial charge is 0.333 e. The summed E-state index contributed by atoms with van der Waals surface area (Å²) in [7, 11) is 0. The monoisotopic (exact) mass is 270 g/mol. The Labute approximate surface area is 98.4 Å². The van der Waals surface area contributed by atoms with Crippen molar-refractivity contribution < 1.29 is 4.79 Å². The fourth-order valence-corrected chi connectivity index (χ4v) is 1.44. The zero-order chi connectivity index (χ0) is 11.5. The molecule has 15 heavy (non-hydrogen) atoms. The first-order valence-electron chi connectivity index (χ1n) is 4.72. The Morgan fingerprint density at radius 2 is 1.87 bits per heavy atom. The summed E-state index contributed by atoms with van der Waals surface area (Å²) in [6, 6.07) is 7.29.